The number of ether oxygens (including phenoxy) is 4. The SMILES string of the molecule is COC(=O)Oc1c2ccc(C)cc2c(OC(=O)OC)c2cc(C)ccc12. The lowest BCUT2D eigenvalue weighted by Gasteiger charge is -2.16. The van der Waals surface area contributed by atoms with Crippen LogP contribution in [0.15, 0.2) is 36.4 Å². The molecule has 0 aromatic heterocycles. The van der Waals surface area contributed by atoms with Crippen molar-refractivity contribution in [3.05, 3.63) is 47.5 Å². The van der Waals surface area contributed by atoms with E-state index in [9.17, 15) is 9.59 Å². The number of benzene rings is 3. The van der Waals surface area contributed by atoms with E-state index in [1.54, 1.807) is 0 Å². The molecule has 0 bridgehead atoms. The monoisotopic (exact) mass is 354 g/mol. The Morgan fingerprint density at radius 1 is 0.654 bits per heavy atom. The van der Waals surface area contributed by atoms with Crippen LogP contribution in [0.3, 0.4) is 0 Å². The quantitative estimate of drug-likeness (QED) is 0.370. The van der Waals surface area contributed by atoms with Crippen LogP contribution in [0.25, 0.3) is 21.5 Å². The van der Waals surface area contributed by atoms with Gasteiger partial charge < -0.3 is 18.9 Å². The van der Waals surface area contributed by atoms with Crippen molar-refractivity contribution in [2.45, 2.75) is 13.8 Å². The van der Waals surface area contributed by atoms with Crippen molar-refractivity contribution >= 4 is 33.9 Å². The zero-order valence-electron chi connectivity index (χ0n) is 14.9. The van der Waals surface area contributed by atoms with Crippen LogP contribution in [-0.2, 0) is 9.47 Å². The average Bonchev–Trinajstić information content (AvgIpc) is 2.63. The summed E-state index contributed by atoms with van der Waals surface area (Å²) in [6.45, 7) is 3.84. The molecule has 6 nitrogen and oxygen atoms in total. The lowest BCUT2D eigenvalue weighted by molar-refractivity contribution is 0.120. The highest BCUT2D eigenvalue weighted by Gasteiger charge is 2.21. The molecule has 0 aliphatic heterocycles. The minimum absolute atomic E-state index is 0.346. The standard InChI is InChI=1S/C20H18O6/c1-11-5-7-13-15(9-11)18(26-20(22)24-4)16-10-12(2)6-8-14(16)17(13)25-19(21)23-3/h5-10H,1-4H3. The number of hydrogen-bond donors (Lipinski definition) is 0. The zero-order valence-corrected chi connectivity index (χ0v) is 14.9. The molecule has 0 aliphatic carbocycles. The number of carbonyl (C=O) groups excluding carboxylic acids is 2. The second-order valence-electron chi connectivity index (χ2n) is 5.87. The number of hydrogen-bond acceptors (Lipinski definition) is 6. The Labute approximate surface area is 150 Å². The number of aryl methyl sites for hydroxylation is 2. The number of carbonyl (C=O) groups is 2. The Balaban J connectivity index is 2.44. The van der Waals surface area contributed by atoms with Gasteiger partial charge in [-0.2, -0.15) is 0 Å². The Hall–Kier alpha value is -3.28. The van der Waals surface area contributed by atoms with Gasteiger partial charge in [0.05, 0.1) is 14.2 Å². The van der Waals surface area contributed by atoms with E-state index in [4.69, 9.17) is 9.47 Å². The van der Waals surface area contributed by atoms with Crippen molar-refractivity contribution in [3.8, 4) is 11.5 Å². The van der Waals surface area contributed by atoms with Crippen LogP contribution in [0, 0.1) is 13.8 Å². The minimum Gasteiger partial charge on any atom is -0.437 e. The van der Waals surface area contributed by atoms with E-state index in [1.807, 2.05) is 50.2 Å². The van der Waals surface area contributed by atoms with Crippen molar-refractivity contribution in [2.24, 2.45) is 0 Å². The number of fused-ring (bicyclic) bond motifs is 2. The lowest BCUT2D eigenvalue weighted by atomic mass is 9.98. The first-order valence-corrected chi connectivity index (χ1v) is 7.93. The summed E-state index contributed by atoms with van der Waals surface area (Å²) in [5.74, 6) is 0.700. The highest BCUT2D eigenvalue weighted by molar-refractivity contribution is 6.12. The van der Waals surface area contributed by atoms with Crippen LogP contribution in [0.4, 0.5) is 9.59 Å². The summed E-state index contributed by atoms with van der Waals surface area (Å²) in [4.78, 5) is 23.6. The first-order valence-electron chi connectivity index (χ1n) is 7.93. The van der Waals surface area contributed by atoms with E-state index in [-0.39, 0.29) is 0 Å². The summed E-state index contributed by atoms with van der Waals surface area (Å²) in [5, 5.41) is 2.51. The fourth-order valence-corrected chi connectivity index (χ4v) is 2.85. The van der Waals surface area contributed by atoms with Crippen LogP contribution in [0.5, 0.6) is 11.5 Å². The van der Waals surface area contributed by atoms with E-state index in [0.29, 0.717) is 33.0 Å². The van der Waals surface area contributed by atoms with Gasteiger partial charge in [0.1, 0.15) is 11.5 Å². The van der Waals surface area contributed by atoms with Crippen molar-refractivity contribution in [3.63, 3.8) is 0 Å². The van der Waals surface area contributed by atoms with Crippen LogP contribution in [-0.4, -0.2) is 26.5 Å². The first kappa shape index (κ1) is 17.5. The molecule has 0 amide bonds. The zero-order chi connectivity index (χ0) is 18.8. The maximum atomic E-state index is 11.8. The highest BCUT2D eigenvalue weighted by atomic mass is 16.7. The molecule has 0 saturated carbocycles. The molecule has 0 N–H and O–H groups in total. The van der Waals surface area contributed by atoms with Crippen LogP contribution in [0.1, 0.15) is 11.1 Å². The molecule has 3 aromatic carbocycles. The van der Waals surface area contributed by atoms with Gasteiger partial charge in [-0.1, -0.05) is 35.4 Å². The number of rotatable bonds is 2. The summed E-state index contributed by atoms with van der Waals surface area (Å²) >= 11 is 0. The molecule has 0 heterocycles. The summed E-state index contributed by atoms with van der Waals surface area (Å²) in [7, 11) is 2.49. The van der Waals surface area contributed by atoms with Gasteiger partial charge in [-0.05, 0) is 26.0 Å². The highest BCUT2D eigenvalue weighted by Crippen LogP contribution is 2.43. The van der Waals surface area contributed by atoms with E-state index < -0.39 is 12.3 Å². The molecule has 3 aromatic rings. The van der Waals surface area contributed by atoms with Gasteiger partial charge in [0.15, 0.2) is 0 Å². The summed E-state index contributed by atoms with van der Waals surface area (Å²) in [6, 6.07) is 11.1. The van der Waals surface area contributed by atoms with Gasteiger partial charge in [0.25, 0.3) is 0 Å². The summed E-state index contributed by atoms with van der Waals surface area (Å²) < 4.78 is 20.2. The molecule has 0 aliphatic rings. The van der Waals surface area contributed by atoms with E-state index in [0.717, 1.165) is 11.1 Å². The van der Waals surface area contributed by atoms with Crippen molar-refractivity contribution in [1.29, 1.82) is 0 Å². The van der Waals surface area contributed by atoms with Gasteiger partial charge in [-0.25, -0.2) is 9.59 Å². The van der Waals surface area contributed by atoms with Crippen molar-refractivity contribution < 1.29 is 28.5 Å². The maximum absolute atomic E-state index is 11.8. The van der Waals surface area contributed by atoms with Crippen LogP contribution >= 0.6 is 0 Å². The molecule has 3 rings (SSSR count). The Morgan fingerprint density at radius 3 is 1.42 bits per heavy atom. The molecular formula is C20H18O6. The molecule has 0 spiro atoms. The van der Waals surface area contributed by atoms with E-state index >= 15 is 0 Å². The first-order chi connectivity index (χ1) is 12.4. The van der Waals surface area contributed by atoms with Crippen LogP contribution in [0.2, 0.25) is 0 Å². The summed E-state index contributed by atoms with van der Waals surface area (Å²) in [6.07, 6.45) is -1.65. The average molecular weight is 354 g/mol. The number of methoxy groups -OCH3 is 2. The van der Waals surface area contributed by atoms with Gasteiger partial charge in [0, 0.05) is 21.5 Å². The molecule has 26 heavy (non-hydrogen) atoms. The van der Waals surface area contributed by atoms with Gasteiger partial charge in [-0.15, -0.1) is 0 Å². The molecule has 0 saturated heterocycles. The molecule has 0 fully saturated rings. The lowest BCUT2D eigenvalue weighted by Crippen LogP contribution is -2.10. The van der Waals surface area contributed by atoms with Crippen LogP contribution < -0.4 is 9.47 Å². The fraction of sp³-hybridized carbons (Fsp3) is 0.200. The third kappa shape index (κ3) is 3.13. The molecule has 0 atom stereocenters. The normalized spacial score (nSPS) is 10.6. The Morgan fingerprint density at radius 2 is 1.04 bits per heavy atom. The maximum Gasteiger partial charge on any atom is 0.513 e. The summed E-state index contributed by atoms with van der Waals surface area (Å²) in [5.41, 5.74) is 1.92. The predicted octanol–water partition coefficient (Wildman–Crippen LogP) is 4.90. The largest absolute Gasteiger partial charge is 0.513 e. The van der Waals surface area contributed by atoms with E-state index in [1.165, 1.54) is 14.2 Å². The second-order valence-corrected chi connectivity index (χ2v) is 5.87. The van der Waals surface area contributed by atoms with Gasteiger partial charge in [0.2, 0.25) is 0 Å². The predicted molar refractivity (Wildman–Crippen MR) is 97.0 cm³/mol. The third-order valence-electron chi connectivity index (χ3n) is 4.03. The molecule has 0 unspecified atom stereocenters. The smallest absolute Gasteiger partial charge is 0.437 e. The Kier molecular flexibility index (Phi) is 4.67. The molecule has 0 radical (unpaired) electrons. The topological polar surface area (TPSA) is 71.1 Å². The van der Waals surface area contributed by atoms with Crippen molar-refractivity contribution in [2.75, 3.05) is 14.2 Å². The molecule has 6 heteroatoms. The Bertz CT molecular complexity index is 959. The van der Waals surface area contributed by atoms with Gasteiger partial charge in [-0.3, -0.25) is 0 Å². The second kappa shape index (κ2) is 6.92. The van der Waals surface area contributed by atoms with E-state index in [2.05, 4.69) is 9.47 Å². The molecule has 134 valence electrons. The van der Waals surface area contributed by atoms with Crippen molar-refractivity contribution in [1.82, 2.24) is 0 Å². The van der Waals surface area contributed by atoms with Gasteiger partial charge >= 0.3 is 12.3 Å². The third-order valence-corrected chi connectivity index (χ3v) is 4.03. The minimum atomic E-state index is -0.824. The fourth-order valence-electron chi connectivity index (χ4n) is 2.85. The molecular weight excluding hydrogens is 336 g/mol.